The molecule has 90 valence electrons. The van der Waals surface area contributed by atoms with Crippen LogP contribution in [0.3, 0.4) is 0 Å². The molecule has 0 aromatic rings. The van der Waals surface area contributed by atoms with Crippen LogP contribution >= 0.6 is 0 Å². The number of nitrogens with zero attached hydrogens (tertiary/aromatic N) is 1. The Labute approximate surface area is 96.4 Å². The number of hydrogen-bond acceptors (Lipinski definition) is 3. The van der Waals surface area contributed by atoms with Gasteiger partial charge in [0.25, 0.3) is 0 Å². The van der Waals surface area contributed by atoms with Crippen LogP contribution in [0.15, 0.2) is 0 Å². The Bertz CT molecular complexity index is 262. The Morgan fingerprint density at radius 2 is 1.88 bits per heavy atom. The maximum Gasteiger partial charge on any atom is 0.234 e. The average Bonchev–Trinajstić information content (AvgIpc) is 2.74. The van der Waals surface area contributed by atoms with Crippen molar-refractivity contribution in [3.8, 4) is 0 Å². The van der Waals surface area contributed by atoms with Gasteiger partial charge in [0, 0.05) is 32.0 Å². The number of carbonyl (C=O) groups is 2. The predicted molar refractivity (Wildman–Crippen MR) is 61.1 cm³/mol. The Kier molecular flexibility index (Phi) is 3.93. The van der Waals surface area contributed by atoms with Crippen molar-refractivity contribution < 1.29 is 9.59 Å². The van der Waals surface area contributed by atoms with Crippen LogP contribution in [0.2, 0.25) is 0 Å². The topological polar surface area (TPSA) is 49.4 Å². The zero-order chi connectivity index (χ0) is 11.4. The van der Waals surface area contributed by atoms with E-state index in [9.17, 15) is 9.59 Å². The van der Waals surface area contributed by atoms with Gasteiger partial charge in [0.15, 0.2) is 0 Å². The van der Waals surface area contributed by atoms with Crippen LogP contribution in [-0.4, -0.2) is 42.3 Å². The van der Waals surface area contributed by atoms with Gasteiger partial charge >= 0.3 is 0 Å². The second kappa shape index (κ2) is 5.43. The van der Waals surface area contributed by atoms with Gasteiger partial charge in [0.1, 0.15) is 5.78 Å². The third-order valence-corrected chi connectivity index (χ3v) is 3.50. The van der Waals surface area contributed by atoms with E-state index in [1.54, 1.807) is 0 Å². The van der Waals surface area contributed by atoms with Crippen molar-refractivity contribution in [3.63, 3.8) is 0 Å². The number of ketones is 1. The van der Waals surface area contributed by atoms with Crippen molar-refractivity contribution in [2.24, 2.45) is 0 Å². The summed E-state index contributed by atoms with van der Waals surface area (Å²) in [5.74, 6) is 0.453. The molecule has 1 aliphatic carbocycles. The number of hydrogen-bond donors (Lipinski definition) is 1. The smallest absolute Gasteiger partial charge is 0.234 e. The summed E-state index contributed by atoms with van der Waals surface area (Å²) in [6.45, 7) is 1.96. The van der Waals surface area contributed by atoms with Crippen molar-refractivity contribution >= 4 is 11.7 Å². The molecule has 4 nitrogen and oxygen atoms in total. The van der Waals surface area contributed by atoms with Gasteiger partial charge < -0.3 is 5.32 Å². The molecule has 2 rings (SSSR count). The minimum atomic E-state index is 0.126. The maximum absolute atomic E-state index is 11.7. The van der Waals surface area contributed by atoms with E-state index < -0.39 is 0 Å². The second-order valence-electron chi connectivity index (χ2n) is 4.86. The molecule has 1 aliphatic heterocycles. The van der Waals surface area contributed by atoms with Gasteiger partial charge in [-0.15, -0.1) is 0 Å². The van der Waals surface area contributed by atoms with E-state index in [1.807, 2.05) is 0 Å². The summed E-state index contributed by atoms with van der Waals surface area (Å²) < 4.78 is 0. The number of amides is 1. The normalized spacial score (nSPS) is 23.6. The monoisotopic (exact) mass is 224 g/mol. The van der Waals surface area contributed by atoms with Crippen LogP contribution in [0, 0.1) is 0 Å². The molecule has 4 heteroatoms. The third-order valence-electron chi connectivity index (χ3n) is 3.50. The fourth-order valence-electron chi connectivity index (χ4n) is 2.51. The molecule has 0 radical (unpaired) electrons. The van der Waals surface area contributed by atoms with Crippen molar-refractivity contribution in [2.45, 2.75) is 44.6 Å². The summed E-state index contributed by atoms with van der Waals surface area (Å²) in [5, 5.41) is 3.07. The number of piperidine rings is 1. The summed E-state index contributed by atoms with van der Waals surface area (Å²) in [4.78, 5) is 24.8. The molecule has 16 heavy (non-hydrogen) atoms. The summed E-state index contributed by atoms with van der Waals surface area (Å²) in [7, 11) is 0. The SMILES string of the molecule is O=C1CCN(CC(=O)NC2CCCC2)CC1. The van der Waals surface area contributed by atoms with Gasteiger partial charge in [-0.3, -0.25) is 14.5 Å². The first-order chi connectivity index (χ1) is 7.74. The fraction of sp³-hybridized carbons (Fsp3) is 0.833. The maximum atomic E-state index is 11.7. The third kappa shape index (κ3) is 3.30. The molecule has 1 N–H and O–H groups in total. The van der Waals surface area contributed by atoms with Gasteiger partial charge in [-0.2, -0.15) is 0 Å². The second-order valence-corrected chi connectivity index (χ2v) is 4.86. The molecule has 2 fully saturated rings. The van der Waals surface area contributed by atoms with E-state index in [2.05, 4.69) is 10.2 Å². The fourth-order valence-corrected chi connectivity index (χ4v) is 2.51. The molecule has 1 saturated carbocycles. The molecule has 2 aliphatic rings. The lowest BCUT2D eigenvalue weighted by Gasteiger charge is -2.25. The predicted octanol–water partition coefficient (Wildman–Crippen LogP) is 0.710. The Hall–Kier alpha value is -0.900. The standard InChI is InChI=1S/C12H20N2O2/c15-11-5-7-14(8-6-11)9-12(16)13-10-3-1-2-4-10/h10H,1-9H2,(H,13,16). The highest BCUT2D eigenvalue weighted by Crippen LogP contribution is 2.17. The Morgan fingerprint density at radius 1 is 1.25 bits per heavy atom. The van der Waals surface area contributed by atoms with E-state index in [1.165, 1.54) is 12.8 Å². The number of likely N-dealkylation sites (tertiary alicyclic amines) is 1. The molecule has 0 spiro atoms. The first-order valence-electron chi connectivity index (χ1n) is 6.27. The van der Waals surface area contributed by atoms with E-state index in [0.29, 0.717) is 31.2 Å². The Balaban J connectivity index is 1.68. The molecule has 0 bridgehead atoms. The average molecular weight is 224 g/mol. The van der Waals surface area contributed by atoms with Crippen LogP contribution in [0.1, 0.15) is 38.5 Å². The first-order valence-corrected chi connectivity index (χ1v) is 6.27. The Morgan fingerprint density at radius 3 is 2.50 bits per heavy atom. The zero-order valence-electron chi connectivity index (χ0n) is 9.71. The molecule has 0 unspecified atom stereocenters. The highest BCUT2D eigenvalue weighted by molar-refractivity contribution is 5.81. The number of nitrogens with one attached hydrogen (secondary N) is 1. The van der Waals surface area contributed by atoms with Gasteiger partial charge in [0.2, 0.25) is 5.91 Å². The first kappa shape index (κ1) is 11.6. The molecular formula is C12H20N2O2. The van der Waals surface area contributed by atoms with Gasteiger partial charge in [0.05, 0.1) is 6.54 Å². The lowest BCUT2D eigenvalue weighted by molar-refractivity contribution is -0.126. The van der Waals surface area contributed by atoms with Crippen LogP contribution in [-0.2, 0) is 9.59 Å². The lowest BCUT2D eigenvalue weighted by Crippen LogP contribution is -2.44. The van der Waals surface area contributed by atoms with Crippen molar-refractivity contribution in [1.82, 2.24) is 10.2 Å². The molecule has 0 atom stereocenters. The summed E-state index contributed by atoms with van der Waals surface area (Å²) in [6.07, 6.45) is 5.95. The largest absolute Gasteiger partial charge is 0.352 e. The van der Waals surface area contributed by atoms with Crippen molar-refractivity contribution in [2.75, 3.05) is 19.6 Å². The van der Waals surface area contributed by atoms with Gasteiger partial charge in [-0.25, -0.2) is 0 Å². The quantitative estimate of drug-likeness (QED) is 0.768. The number of carbonyl (C=O) groups excluding carboxylic acids is 2. The minimum Gasteiger partial charge on any atom is -0.352 e. The molecule has 1 amide bonds. The molecule has 0 aromatic carbocycles. The van der Waals surface area contributed by atoms with Gasteiger partial charge in [-0.1, -0.05) is 12.8 Å². The highest BCUT2D eigenvalue weighted by atomic mass is 16.2. The van der Waals surface area contributed by atoms with E-state index in [4.69, 9.17) is 0 Å². The van der Waals surface area contributed by atoms with Crippen LogP contribution < -0.4 is 5.32 Å². The zero-order valence-corrected chi connectivity index (χ0v) is 9.71. The van der Waals surface area contributed by atoms with Crippen LogP contribution in [0.5, 0.6) is 0 Å². The van der Waals surface area contributed by atoms with E-state index >= 15 is 0 Å². The number of Topliss-reactive ketones (excluding diaryl/α,β-unsaturated/α-hetero) is 1. The highest BCUT2D eigenvalue weighted by Gasteiger charge is 2.21. The van der Waals surface area contributed by atoms with Crippen LogP contribution in [0.4, 0.5) is 0 Å². The van der Waals surface area contributed by atoms with Crippen molar-refractivity contribution in [3.05, 3.63) is 0 Å². The molecule has 1 heterocycles. The molecule has 1 saturated heterocycles. The molecule has 0 aromatic heterocycles. The summed E-state index contributed by atoms with van der Waals surface area (Å²) in [5.41, 5.74) is 0. The summed E-state index contributed by atoms with van der Waals surface area (Å²) >= 11 is 0. The van der Waals surface area contributed by atoms with E-state index in [-0.39, 0.29) is 5.91 Å². The number of rotatable bonds is 3. The summed E-state index contributed by atoms with van der Waals surface area (Å²) in [6, 6.07) is 0.402. The van der Waals surface area contributed by atoms with E-state index in [0.717, 1.165) is 25.9 Å². The minimum absolute atomic E-state index is 0.126. The van der Waals surface area contributed by atoms with Crippen molar-refractivity contribution in [1.29, 1.82) is 0 Å². The van der Waals surface area contributed by atoms with Crippen LogP contribution in [0.25, 0.3) is 0 Å². The van der Waals surface area contributed by atoms with Gasteiger partial charge in [-0.05, 0) is 12.8 Å². The molecular weight excluding hydrogens is 204 g/mol. The lowest BCUT2D eigenvalue weighted by atomic mass is 10.1.